The van der Waals surface area contributed by atoms with Crippen LogP contribution in [0.1, 0.15) is 30.9 Å². The van der Waals surface area contributed by atoms with Crippen LogP contribution < -0.4 is 9.47 Å². The number of carbonyl (C=O) groups excluding carboxylic acids is 2. The van der Waals surface area contributed by atoms with Crippen LogP contribution >= 0.6 is 0 Å². The van der Waals surface area contributed by atoms with Gasteiger partial charge < -0.3 is 44.3 Å². The first kappa shape index (κ1) is 25.5. The SMILES string of the molecule is COc1ccc2c3c1OC1C(OC(=O)[C@H](O)[C@@H](O)C(=O)O[C@@H](C)C(=O)O)=CC[C@@]4(O)[C@@H](C2)N(C)CCC314. The van der Waals surface area contributed by atoms with E-state index >= 15 is 0 Å². The maximum Gasteiger partial charge on any atom is 0.344 e. The molecule has 4 N–H and O–H groups in total. The third-order valence-electron chi connectivity index (χ3n) is 8.20. The molecule has 5 rings (SSSR count). The van der Waals surface area contributed by atoms with Crippen molar-refractivity contribution in [3.63, 3.8) is 0 Å². The summed E-state index contributed by atoms with van der Waals surface area (Å²) in [5, 5.41) is 41.4. The topological polar surface area (TPSA) is 172 Å². The summed E-state index contributed by atoms with van der Waals surface area (Å²) in [5.41, 5.74) is -0.374. The summed E-state index contributed by atoms with van der Waals surface area (Å²) in [5.74, 6) is -3.35. The van der Waals surface area contributed by atoms with Gasteiger partial charge in [0.15, 0.2) is 35.9 Å². The first-order valence-corrected chi connectivity index (χ1v) is 12.0. The number of rotatable bonds is 7. The molecule has 12 nitrogen and oxygen atoms in total. The minimum Gasteiger partial charge on any atom is -0.493 e. The van der Waals surface area contributed by atoms with Crippen molar-refractivity contribution in [1.29, 1.82) is 0 Å². The number of likely N-dealkylation sites (tertiary alicyclic amines) is 1. The van der Waals surface area contributed by atoms with Crippen LogP contribution in [0, 0.1) is 0 Å². The van der Waals surface area contributed by atoms with Gasteiger partial charge in [0.05, 0.1) is 18.1 Å². The van der Waals surface area contributed by atoms with Crippen LogP contribution in [0.25, 0.3) is 0 Å². The van der Waals surface area contributed by atoms with Crippen molar-refractivity contribution in [2.45, 2.75) is 67.7 Å². The summed E-state index contributed by atoms with van der Waals surface area (Å²) in [6.07, 6.45) is -4.49. The van der Waals surface area contributed by atoms with E-state index in [0.717, 1.165) is 18.1 Å². The number of carboxylic acid groups (broad SMARTS) is 1. The monoisotopic (exact) mass is 519 g/mol. The number of aliphatic carboxylic acids is 1. The van der Waals surface area contributed by atoms with Gasteiger partial charge in [-0.25, -0.2) is 14.4 Å². The number of aliphatic hydroxyl groups excluding tert-OH is 2. The first-order chi connectivity index (χ1) is 17.5. The fraction of sp³-hybridized carbons (Fsp3) is 0.560. The summed E-state index contributed by atoms with van der Waals surface area (Å²) >= 11 is 0. The molecule has 1 saturated heterocycles. The quantitative estimate of drug-likeness (QED) is 0.333. The van der Waals surface area contributed by atoms with Gasteiger partial charge in [0.1, 0.15) is 5.76 Å². The van der Waals surface area contributed by atoms with E-state index in [-0.39, 0.29) is 18.2 Å². The van der Waals surface area contributed by atoms with E-state index in [4.69, 9.17) is 19.3 Å². The lowest BCUT2D eigenvalue weighted by Crippen LogP contribution is -2.74. The number of piperidine rings is 1. The number of ether oxygens (including phenoxy) is 4. The zero-order chi connectivity index (χ0) is 26.9. The molecule has 37 heavy (non-hydrogen) atoms. The molecule has 2 aliphatic heterocycles. The number of carboxylic acids is 1. The lowest BCUT2D eigenvalue weighted by atomic mass is 9.50. The summed E-state index contributed by atoms with van der Waals surface area (Å²) in [6.45, 7) is 1.71. The number of likely N-dealkylation sites (N-methyl/N-ethyl adjacent to an activating group) is 1. The van der Waals surface area contributed by atoms with Crippen molar-refractivity contribution in [3.05, 3.63) is 35.1 Å². The average Bonchev–Trinajstić information content (AvgIpc) is 3.22. The molecular weight excluding hydrogens is 490 g/mol. The van der Waals surface area contributed by atoms with Gasteiger partial charge in [-0.15, -0.1) is 0 Å². The molecule has 1 spiro atoms. The van der Waals surface area contributed by atoms with Crippen LogP contribution in [-0.4, -0.2) is 100.0 Å². The molecule has 2 aliphatic carbocycles. The molecule has 2 unspecified atom stereocenters. The first-order valence-electron chi connectivity index (χ1n) is 12.0. The number of esters is 2. The standard InChI is InChI=1S/C25H29NO11/c1-11(21(29)30)35-22(31)17(27)18(28)23(32)36-14-6-7-25(33)15-10-12-4-5-13(34-3)19-16(12)24(25,20(14)37-19)8-9-26(15)2/h4-6,11,15,17-18,20,27-28,33H,7-10H2,1-3H3,(H,29,30)/t11-,15+,17+,18+,20?,24?,25+/m0/s1. The van der Waals surface area contributed by atoms with E-state index < -0.39 is 53.3 Å². The van der Waals surface area contributed by atoms with Gasteiger partial charge in [-0.2, -0.15) is 0 Å². The fourth-order valence-corrected chi connectivity index (χ4v) is 6.32. The highest BCUT2D eigenvalue weighted by atomic mass is 16.6. The molecule has 4 aliphatic rings. The number of carbonyl (C=O) groups is 3. The second-order valence-electron chi connectivity index (χ2n) is 10.0. The lowest BCUT2D eigenvalue weighted by molar-refractivity contribution is -0.182. The highest BCUT2D eigenvalue weighted by molar-refractivity contribution is 5.87. The molecule has 1 aromatic carbocycles. The van der Waals surface area contributed by atoms with Crippen molar-refractivity contribution in [3.8, 4) is 11.5 Å². The van der Waals surface area contributed by atoms with Gasteiger partial charge in [-0.3, -0.25) is 0 Å². The molecule has 0 saturated carbocycles. The molecule has 0 radical (unpaired) electrons. The number of hydrogen-bond acceptors (Lipinski definition) is 11. The van der Waals surface area contributed by atoms with E-state index in [9.17, 15) is 29.7 Å². The van der Waals surface area contributed by atoms with Crippen molar-refractivity contribution in [2.75, 3.05) is 20.7 Å². The van der Waals surface area contributed by atoms with Gasteiger partial charge >= 0.3 is 17.9 Å². The Hall–Kier alpha value is -3.19. The minimum atomic E-state index is -2.37. The molecule has 0 aromatic heterocycles. The maximum atomic E-state index is 12.8. The number of aliphatic hydroxyl groups is 3. The summed E-state index contributed by atoms with van der Waals surface area (Å²) in [6, 6.07) is 3.53. The molecule has 2 heterocycles. The number of benzene rings is 1. The Morgan fingerprint density at radius 2 is 1.89 bits per heavy atom. The Bertz CT molecular complexity index is 1200. The van der Waals surface area contributed by atoms with Gasteiger partial charge in [-0.1, -0.05) is 6.07 Å². The summed E-state index contributed by atoms with van der Waals surface area (Å²) < 4.78 is 21.8. The van der Waals surface area contributed by atoms with E-state index in [1.54, 1.807) is 6.07 Å². The normalized spacial score (nSPS) is 31.7. The Morgan fingerprint density at radius 3 is 2.57 bits per heavy atom. The molecule has 7 atom stereocenters. The number of methoxy groups -OCH3 is 1. The van der Waals surface area contributed by atoms with Crippen molar-refractivity contribution in [1.82, 2.24) is 4.90 Å². The Balaban J connectivity index is 1.46. The number of hydrogen-bond donors (Lipinski definition) is 4. The van der Waals surface area contributed by atoms with Gasteiger partial charge in [0.2, 0.25) is 0 Å². The average molecular weight is 520 g/mol. The van der Waals surface area contributed by atoms with Crippen LogP contribution in [0.4, 0.5) is 0 Å². The van der Waals surface area contributed by atoms with E-state index in [0.29, 0.717) is 30.9 Å². The largest absolute Gasteiger partial charge is 0.493 e. The van der Waals surface area contributed by atoms with Crippen LogP contribution in [-0.2, 0) is 35.7 Å². The van der Waals surface area contributed by atoms with Crippen molar-refractivity contribution >= 4 is 17.9 Å². The summed E-state index contributed by atoms with van der Waals surface area (Å²) in [4.78, 5) is 37.8. The predicted molar refractivity (Wildman–Crippen MR) is 123 cm³/mol. The predicted octanol–water partition coefficient (Wildman–Crippen LogP) is -0.746. The van der Waals surface area contributed by atoms with Crippen molar-refractivity contribution < 1.29 is 53.8 Å². The third-order valence-corrected chi connectivity index (χ3v) is 8.20. The fourth-order valence-electron chi connectivity index (χ4n) is 6.32. The summed E-state index contributed by atoms with van der Waals surface area (Å²) in [7, 11) is 3.46. The number of nitrogens with zero attached hydrogens (tertiary/aromatic N) is 1. The molecule has 2 bridgehead atoms. The molecule has 0 amide bonds. The lowest BCUT2D eigenvalue weighted by Gasteiger charge is -2.61. The van der Waals surface area contributed by atoms with Gasteiger partial charge in [-0.05, 0) is 51.1 Å². The molecular formula is C25H29NO11. The molecule has 1 fully saturated rings. The van der Waals surface area contributed by atoms with E-state index in [1.807, 2.05) is 13.1 Å². The van der Waals surface area contributed by atoms with E-state index in [1.165, 1.54) is 13.2 Å². The zero-order valence-corrected chi connectivity index (χ0v) is 20.5. The second kappa shape index (κ2) is 8.69. The Labute approximate surface area is 212 Å². The van der Waals surface area contributed by atoms with E-state index in [2.05, 4.69) is 9.64 Å². The zero-order valence-electron chi connectivity index (χ0n) is 20.5. The Kier molecular flexibility index (Phi) is 5.98. The van der Waals surface area contributed by atoms with Gasteiger partial charge in [0, 0.05) is 18.0 Å². The van der Waals surface area contributed by atoms with Crippen LogP contribution in [0.5, 0.6) is 11.5 Å². The van der Waals surface area contributed by atoms with Crippen molar-refractivity contribution in [2.24, 2.45) is 0 Å². The molecule has 1 aromatic rings. The second-order valence-corrected chi connectivity index (χ2v) is 10.0. The molecule has 12 heteroatoms. The smallest absolute Gasteiger partial charge is 0.344 e. The van der Waals surface area contributed by atoms with Gasteiger partial charge in [0.25, 0.3) is 0 Å². The highest BCUT2D eigenvalue weighted by Crippen LogP contribution is 2.65. The Morgan fingerprint density at radius 1 is 1.19 bits per heavy atom. The van der Waals surface area contributed by atoms with Crippen LogP contribution in [0.15, 0.2) is 24.0 Å². The van der Waals surface area contributed by atoms with Crippen LogP contribution in [0.3, 0.4) is 0 Å². The minimum absolute atomic E-state index is 0.0302. The van der Waals surface area contributed by atoms with Crippen LogP contribution in [0.2, 0.25) is 0 Å². The highest BCUT2D eigenvalue weighted by Gasteiger charge is 2.72. The maximum absolute atomic E-state index is 12.8. The third kappa shape index (κ3) is 3.46. The molecule has 200 valence electrons.